The van der Waals surface area contributed by atoms with Crippen molar-refractivity contribution in [3.63, 3.8) is 0 Å². The molecule has 114 valence electrons. The van der Waals surface area contributed by atoms with Crippen LogP contribution in [0.4, 0.5) is 4.39 Å². The van der Waals surface area contributed by atoms with Crippen LogP contribution in [0, 0.1) is 12.7 Å². The first-order chi connectivity index (χ1) is 9.85. The van der Waals surface area contributed by atoms with E-state index in [4.69, 9.17) is 11.6 Å². The second-order valence-corrected chi connectivity index (χ2v) is 8.07. The third-order valence-electron chi connectivity index (χ3n) is 2.68. The largest absolute Gasteiger partial charge is 0.249 e. The molecule has 0 aliphatic heterocycles. The van der Waals surface area contributed by atoms with Crippen molar-refractivity contribution < 1.29 is 12.8 Å². The van der Waals surface area contributed by atoms with E-state index in [1.165, 1.54) is 23.5 Å². The van der Waals surface area contributed by atoms with Gasteiger partial charge in [0.05, 0.1) is 10.8 Å². The number of rotatable bonds is 6. The van der Waals surface area contributed by atoms with Gasteiger partial charge < -0.3 is 0 Å². The van der Waals surface area contributed by atoms with Gasteiger partial charge in [0.25, 0.3) is 0 Å². The molecule has 0 fully saturated rings. The van der Waals surface area contributed by atoms with Crippen LogP contribution in [-0.4, -0.2) is 19.9 Å². The van der Waals surface area contributed by atoms with Crippen molar-refractivity contribution in [2.75, 3.05) is 6.54 Å². The lowest BCUT2D eigenvalue weighted by atomic mass is 10.2. The molecule has 1 aromatic carbocycles. The van der Waals surface area contributed by atoms with Crippen LogP contribution in [0.3, 0.4) is 0 Å². The van der Waals surface area contributed by atoms with Crippen molar-refractivity contribution >= 4 is 33.0 Å². The Morgan fingerprint density at radius 2 is 2.19 bits per heavy atom. The fourth-order valence-corrected chi connectivity index (χ4v) is 3.87. The molecule has 1 aromatic heterocycles. The summed E-state index contributed by atoms with van der Waals surface area (Å²) in [6, 6.07) is 3.86. The zero-order chi connectivity index (χ0) is 15.5. The van der Waals surface area contributed by atoms with Crippen LogP contribution in [0.2, 0.25) is 5.02 Å². The smallest absolute Gasteiger partial charge is 0.215 e. The van der Waals surface area contributed by atoms with Crippen LogP contribution in [-0.2, 0) is 22.2 Å². The molecule has 0 saturated heterocycles. The Morgan fingerprint density at radius 3 is 2.86 bits per heavy atom. The van der Waals surface area contributed by atoms with Gasteiger partial charge in [0.1, 0.15) is 5.82 Å². The Hall–Kier alpha value is -1.02. The van der Waals surface area contributed by atoms with E-state index >= 15 is 0 Å². The number of aromatic nitrogens is 1. The van der Waals surface area contributed by atoms with Crippen LogP contribution in [0.5, 0.6) is 0 Å². The highest BCUT2D eigenvalue weighted by atomic mass is 35.5. The molecule has 0 spiro atoms. The molecule has 0 aliphatic carbocycles. The van der Waals surface area contributed by atoms with E-state index in [-0.39, 0.29) is 12.1 Å². The number of benzene rings is 1. The summed E-state index contributed by atoms with van der Waals surface area (Å²) >= 11 is 7.27. The summed E-state index contributed by atoms with van der Waals surface area (Å²) in [6.45, 7) is 2.17. The van der Waals surface area contributed by atoms with Gasteiger partial charge >= 0.3 is 0 Å². The Bertz CT molecular complexity index is 732. The second kappa shape index (κ2) is 6.83. The van der Waals surface area contributed by atoms with Gasteiger partial charge in [-0.15, -0.1) is 11.3 Å². The molecule has 1 heterocycles. The fourth-order valence-electron chi connectivity index (χ4n) is 1.74. The molecule has 0 radical (unpaired) electrons. The molecule has 0 amide bonds. The van der Waals surface area contributed by atoms with Gasteiger partial charge in [-0.3, -0.25) is 0 Å². The monoisotopic (exact) mass is 348 g/mol. The van der Waals surface area contributed by atoms with E-state index in [1.54, 1.807) is 6.20 Å². The van der Waals surface area contributed by atoms with Gasteiger partial charge in [0.15, 0.2) is 0 Å². The number of hydrogen-bond acceptors (Lipinski definition) is 4. The minimum absolute atomic E-state index is 0.0556. The van der Waals surface area contributed by atoms with E-state index in [0.29, 0.717) is 11.4 Å². The highest BCUT2D eigenvalue weighted by Crippen LogP contribution is 2.17. The third kappa shape index (κ3) is 5.03. The lowest BCUT2D eigenvalue weighted by molar-refractivity contribution is 0.574. The number of nitrogens with zero attached hydrogens (tertiary/aromatic N) is 1. The first-order valence-corrected chi connectivity index (χ1v) is 9.03. The topological polar surface area (TPSA) is 59.1 Å². The molecule has 0 unspecified atom stereocenters. The zero-order valence-electron chi connectivity index (χ0n) is 11.3. The molecule has 8 heteroatoms. The Balaban J connectivity index is 1.94. The minimum Gasteiger partial charge on any atom is -0.249 e. The van der Waals surface area contributed by atoms with Gasteiger partial charge in [-0.05, 0) is 25.1 Å². The molecule has 0 saturated carbocycles. The predicted molar refractivity (Wildman–Crippen MR) is 82.6 cm³/mol. The maximum Gasteiger partial charge on any atom is 0.215 e. The molecule has 1 N–H and O–H groups in total. The number of aryl methyl sites for hydroxylation is 1. The molecule has 4 nitrogen and oxygen atoms in total. The van der Waals surface area contributed by atoms with Gasteiger partial charge in [0.2, 0.25) is 10.0 Å². The highest BCUT2D eigenvalue weighted by Gasteiger charge is 2.15. The second-order valence-electron chi connectivity index (χ2n) is 4.50. The summed E-state index contributed by atoms with van der Waals surface area (Å²) in [6.07, 6.45) is 2.26. The summed E-state index contributed by atoms with van der Waals surface area (Å²) < 4.78 is 39.8. The van der Waals surface area contributed by atoms with Gasteiger partial charge in [-0.1, -0.05) is 11.6 Å². The van der Waals surface area contributed by atoms with Crippen molar-refractivity contribution in [3.8, 4) is 0 Å². The zero-order valence-corrected chi connectivity index (χ0v) is 13.7. The highest BCUT2D eigenvalue weighted by molar-refractivity contribution is 7.88. The maximum atomic E-state index is 13.5. The number of thiazole rings is 1. The molecule has 0 atom stereocenters. The lowest BCUT2D eigenvalue weighted by Gasteiger charge is -2.07. The van der Waals surface area contributed by atoms with E-state index in [0.717, 1.165) is 16.0 Å². The first-order valence-electron chi connectivity index (χ1n) is 6.18. The molecule has 0 bridgehead atoms. The normalized spacial score (nSPS) is 11.8. The summed E-state index contributed by atoms with van der Waals surface area (Å²) in [5, 5.41) is 1.17. The predicted octanol–water partition coefficient (Wildman–Crippen LogP) is 2.91. The van der Waals surface area contributed by atoms with Crippen molar-refractivity contribution in [1.29, 1.82) is 0 Å². The average Bonchev–Trinajstić information content (AvgIpc) is 2.79. The summed E-state index contributed by atoms with van der Waals surface area (Å²) in [4.78, 5) is 5.23. The first kappa shape index (κ1) is 16.4. The van der Waals surface area contributed by atoms with Crippen molar-refractivity contribution in [3.05, 3.63) is 50.7 Å². The van der Waals surface area contributed by atoms with Crippen LogP contribution in [0.1, 0.15) is 15.4 Å². The Kier molecular flexibility index (Phi) is 5.32. The number of sulfonamides is 1. The molecular formula is C13H14ClFN2O2S2. The van der Waals surface area contributed by atoms with Crippen molar-refractivity contribution in [2.24, 2.45) is 0 Å². The summed E-state index contributed by atoms with van der Waals surface area (Å²) in [5.74, 6) is -1.02. The van der Waals surface area contributed by atoms with Crippen LogP contribution >= 0.6 is 22.9 Å². The molecule has 21 heavy (non-hydrogen) atoms. The fraction of sp³-hybridized carbons (Fsp3) is 0.308. The lowest BCUT2D eigenvalue weighted by Crippen LogP contribution is -2.27. The average molecular weight is 349 g/mol. The van der Waals surface area contributed by atoms with E-state index in [1.807, 2.05) is 6.92 Å². The molecular weight excluding hydrogens is 335 g/mol. The van der Waals surface area contributed by atoms with Gasteiger partial charge in [-0.25, -0.2) is 22.5 Å². The minimum atomic E-state index is -3.61. The Morgan fingerprint density at radius 1 is 1.43 bits per heavy atom. The van der Waals surface area contributed by atoms with Crippen LogP contribution < -0.4 is 4.72 Å². The maximum absolute atomic E-state index is 13.5. The van der Waals surface area contributed by atoms with E-state index in [9.17, 15) is 12.8 Å². The quantitative estimate of drug-likeness (QED) is 0.873. The number of nitrogens with one attached hydrogen (secondary N) is 1. The SMILES string of the molecule is Cc1cnc(CCNS(=O)(=O)Cc2cc(Cl)ccc2F)s1. The molecule has 0 aliphatic rings. The van der Waals surface area contributed by atoms with E-state index in [2.05, 4.69) is 9.71 Å². The van der Waals surface area contributed by atoms with Crippen molar-refractivity contribution in [1.82, 2.24) is 9.71 Å². The molecule has 2 rings (SSSR count). The van der Waals surface area contributed by atoms with E-state index < -0.39 is 21.6 Å². The van der Waals surface area contributed by atoms with Crippen LogP contribution in [0.25, 0.3) is 0 Å². The van der Waals surface area contributed by atoms with Gasteiger partial charge in [-0.2, -0.15) is 0 Å². The van der Waals surface area contributed by atoms with Crippen molar-refractivity contribution in [2.45, 2.75) is 19.1 Å². The van der Waals surface area contributed by atoms with Crippen LogP contribution in [0.15, 0.2) is 24.4 Å². The summed E-state index contributed by atoms with van der Waals surface area (Å²) in [5.41, 5.74) is 0.0556. The Labute approximate surface area is 132 Å². The number of hydrogen-bond donors (Lipinski definition) is 1. The number of halogens is 2. The standard InChI is InChI=1S/C13H14ClFN2O2S2/c1-9-7-16-13(20-9)4-5-17-21(18,19)8-10-6-11(14)2-3-12(10)15/h2-3,6-7,17H,4-5,8H2,1H3. The third-order valence-corrected chi connectivity index (χ3v) is 5.23. The summed E-state index contributed by atoms with van der Waals surface area (Å²) in [7, 11) is -3.61. The van der Waals surface area contributed by atoms with Gasteiger partial charge in [0, 0.05) is 34.6 Å². The molecule has 2 aromatic rings.